The first kappa shape index (κ1) is 17.6. The standard InChI is InChI=1S/C23H25N3O/c1-16(2)27-20-12-9-17(10-13-20)23-25-21-15-18(24-3)11-14-22(21)26(23)19-7-5-4-6-8-19/h9-16,19H,4-8H2,1-2H3. The molecule has 0 unspecified atom stereocenters. The molecule has 1 fully saturated rings. The van der Waals surface area contributed by atoms with E-state index in [-0.39, 0.29) is 6.10 Å². The Hall–Kier alpha value is -2.80. The molecule has 1 heterocycles. The number of hydrogen-bond donors (Lipinski definition) is 0. The van der Waals surface area contributed by atoms with Crippen LogP contribution in [0.1, 0.15) is 52.0 Å². The molecule has 0 saturated heterocycles. The zero-order valence-corrected chi connectivity index (χ0v) is 16.0. The van der Waals surface area contributed by atoms with Gasteiger partial charge in [0.15, 0.2) is 5.69 Å². The van der Waals surface area contributed by atoms with Gasteiger partial charge in [-0.15, -0.1) is 0 Å². The van der Waals surface area contributed by atoms with Gasteiger partial charge in [-0.1, -0.05) is 25.3 Å². The first-order valence-corrected chi connectivity index (χ1v) is 9.82. The van der Waals surface area contributed by atoms with Crippen LogP contribution in [0.3, 0.4) is 0 Å². The third-order valence-electron chi connectivity index (χ3n) is 5.23. The van der Waals surface area contributed by atoms with Gasteiger partial charge in [-0.3, -0.25) is 0 Å². The van der Waals surface area contributed by atoms with Gasteiger partial charge in [0, 0.05) is 11.6 Å². The normalized spacial score (nSPS) is 15.2. The molecule has 0 bridgehead atoms. The topological polar surface area (TPSA) is 31.4 Å². The van der Waals surface area contributed by atoms with Crippen molar-refractivity contribution < 1.29 is 4.74 Å². The van der Waals surface area contributed by atoms with Gasteiger partial charge >= 0.3 is 0 Å². The number of ether oxygens (including phenoxy) is 1. The molecular formula is C23H25N3O. The average Bonchev–Trinajstić information content (AvgIpc) is 3.07. The molecule has 0 aliphatic heterocycles. The van der Waals surface area contributed by atoms with Gasteiger partial charge in [0.25, 0.3) is 0 Å². The summed E-state index contributed by atoms with van der Waals surface area (Å²) < 4.78 is 8.18. The van der Waals surface area contributed by atoms with Crippen LogP contribution in [0.15, 0.2) is 42.5 Å². The van der Waals surface area contributed by atoms with Crippen LogP contribution in [0.4, 0.5) is 5.69 Å². The minimum atomic E-state index is 0.162. The zero-order chi connectivity index (χ0) is 18.8. The number of aromatic nitrogens is 2. The predicted octanol–water partition coefficient (Wildman–Crippen LogP) is 6.55. The first-order valence-electron chi connectivity index (χ1n) is 9.82. The SMILES string of the molecule is [C-]#[N+]c1ccc2c(c1)nc(-c1ccc(OC(C)C)cc1)n2C1CCCCC1. The maximum atomic E-state index is 7.30. The molecule has 1 aromatic heterocycles. The molecule has 4 heteroatoms. The van der Waals surface area contributed by atoms with Crippen LogP contribution in [-0.2, 0) is 0 Å². The highest BCUT2D eigenvalue weighted by atomic mass is 16.5. The summed E-state index contributed by atoms with van der Waals surface area (Å²) in [6, 6.07) is 14.6. The summed E-state index contributed by atoms with van der Waals surface area (Å²) in [5.74, 6) is 1.87. The van der Waals surface area contributed by atoms with E-state index >= 15 is 0 Å². The van der Waals surface area contributed by atoms with E-state index in [4.69, 9.17) is 16.3 Å². The molecule has 2 aromatic carbocycles. The van der Waals surface area contributed by atoms with Crippen molar-refractivity contribution in [3.8, 4) is 17.1 Å². The van der Waals surface area contributed by atoms with Gasteiger partial charge in [-0.2, -0.15) is 0 Å². The lowest BCUT2D eigenvalue weighted by atomic mass is 9.95. The summed E-state index contributed by atoms with van der Waals surface area (Å²) in [6.45, 7) is 11.4. The maximum absolute atomic E-state index is 7.30. The molecule has 27 heavy (non-hydrogen) atoms. The van der Waals surface area contributed by atoms with Crippen LogP contribution in [0.5, 0.6) is 5.75 Å². The number of rotatable bonds is 4. The number of nitrogens with zero attached hydrogens (tertiary/aromatic N) is 3. The largest absolute Gasteiger partial charge is 0.491 e. The van der Waals surface area contributed by atoms with Crippen molar-refractivity contribution >= 4 is 16.7 Å². The molecule has 4 rings (SSSR count). The van der Waals surface area contributed by atoms with Crippen LogP contribution in [0, 0.1) is 6.57 Å². The summed E-state index contributed by atoms with van der Waals surface area (Å²) in [4.78, 5) is 8.50. The second-order valence-corrected chi connectivity index (χ2v) is 7.57. The lowest BCUT2D eigenvalue weighted by molar-refractivity contribution is 0.242. The molecule has 0 radical (unpaired) electrons. The van der Waals surface area contributed by atoms with Gasteiger partial charge < -0.3 is 9.30 Å². The van der Waals surface area contributed by atoms with Gasteiger partial charge in [-0.25, -0.2) is 9.83 Å². The van der Waals surface area contributed by atoms with Crippen molar-refractivity contribution in [1.82, 2.24) is 9.55 Å². The Morgan fingerprint density at radius 3 is 2.48 bits per heavy atom. The van der Waals surface area contributed by atoms with Crippen LogP contribution in [0.25, 0.3) is 27.3 Å². The van der Waals surface area contributed by atoms with E-state index in [1.165, 1.54) is 32.1 Å². The lowest BCUT2D eigenvalue weighted by Gasteiger charge is -2.25. The van der Waals surface area contributed by atoms with Crippen LogP contribution in [0.2, 0.25) is 0 Å². The van der Waals surface area contributed by atoms with E-state index < -0.39 is 0 Å². The van der Waals surface area contributed by atoms with Crippen molar-refractivity contribution in [2.75, 3.05) is 0 Å². The fourth-order valence-electron chi connectivity index (χ4n) is 4.02. The minimum Gasteiger partial charge on any atom is -0.491 e. The fourth-order valence-corrected chi connectivity index (χ4v) is 4.02. The smallest absolute Gasteiger partial charge is 0.189 e. The number of hydrogen-bond acceptors (Lipinski definition) is 2. The molecule has 0 amide bonds. The highest BCUT2D eigenvalue weighted by molar-refractivity contribution is 5.84. The molecule has 1 aliphatic rings. The Kier molecular flexibility index (Phi) is 4.85. The number of benzene rings is 2. The molecular weight excluding hydrogens is 334 g/mol. The Morgan fingerprint density at radius 2 is 1.81 bits per heavy atom. The summed E-state index contributed by atoms with van der Waals surface area (Å²) in [7, 11) is 0. The van der Waals surface area contributed by atoms with Crippen molar-refractivity contribution in [3.63, 3.8) is 0 Å². The van der Waals surface area contributed by atoms with Crippen LogP contribution in [-0.4, -0.2) is 15.7 Å². The molecule has 1 aliphatic carbocycles. The predicted molar refractivity (Wildman–Crippen MR) is 109 cm³/mol. The Balaban J connectivity index is 1.81. The molecule has 0 spiro atoms. The van der Waals surface area contributed by atoms with Gasteiger partial charge in [0.1, 0.15) is 11.6 Å². The second kappa shape index (κ2) is 7.44. The molecule has 3 aromatic rings. The van der Waals surface area contributed by atoms with E-state index in [2.05, 4.69) is 27.6 Å². The molecule has 138 valence electrons. The summed E-state index contributed by atoms with van der Waals surface area (Å²) >= 11 is 0. The second-order valence-electron chi connectivity index (χ2n) is 7.57. The zero-order valence-electron chi connectivity index (χ0n) is 16.0. The van der Waals surface area contributed by atoms with Gasteiger partial charge in [-0.05, 0) is 63.1 Å². The number of imidazole rings is 1. The maximum Gasteiger partial charge on any atom is 0.189 e. The third kappa shape index (κ3) is 3.55. The van der Waals surface area contributed by atoms with E-state index in [1.54, 1.807) is 0 Å². The number of fused-ring (bicyclic) bond motifs is 1. The van der Waals surface area contributed by atoms with Crippen LogP contribution >= 0.6 is 0 Å². The minimum absolute atomic E-state index is 0.162. The summed E-state index contributed by atoms with van der Waals surface area (Å²) in [5, 5.41) is 0. The van der Waals surface area contributed by atoms with Crippen LogP contribution < -0.4 is 4.74 Å². The average molecular weight is 359 g/mol. The van der Waals surface area contributed by atoms with Crippen molar-refractivity contribution in [1.29, 1.82) is 0 Å². The third-order valence-corrected chi connectivity index (χ3v) is 5.23. The summed E-state index contributed by atoms with van der Waals surface area (Å²) in [5.41, 5.74) is 3.78. The quantitative estimate of drug-likeness (QED) is 0.495. The van der Waals surface area contributed by atoms with E-state index in [9.17, 15) is 0 Å². The van der Waals surface area contributed by atoms with Crippen molar-refractivity contribution in [2.24, 2.45) is 0 Å². The highest BCUT2D eigenvalue weighted by Crippen LogP contribution is 2.37. The first-order chi connectivity index (χ1) is 13.2. The molecule has 4 nitrogen and oxygen atoms in total. The van der Waals surface area contributed by atoms with Gasteiger partial charge in [0.2, 0.25) is 0 Å². The summed E-state index contributed by atoms with van der Waals surface area (Å²) in [6.07, 6.45) is 6.40. The molecule has 0 atom stereocenters. The Morgan fingerprint density at radius 1 is 1.07 bits per heavy atom. The van der Waals surface area contributed by atoms with Crippen molar-refractivity contribution in [2.45, 2.75) is 58.1 Å². The van der Waals surface area contributed by atoms with Gasteiger partial charge in [0.05, 0.1) is 23.7 Å². The highest BCUT2D eigenvalue weighted by Gasteiger charge is 2.22. The lowest BCUT2D eigenvalue weighted by Crippen LogP contribution is -2.14. The Labute approximate surface area is 160 Å². The van der Waals surface area contributed by atoms with E-state index in [1.807, 2.05) is 38.1 Å². The molecule has 0 N–H and O–H groups in total. The fraction of sp³-hybridized carbons (Fsp3) is 0.391. The van der Waals surface area contributed by atoms with E-state index in [0.29, 0.717) is 11.7 Å². The Bertz CT molecular complexity index is 973. The van der Waals surface area contributed by atoms with E-state index in [0.717, 1.165) is 28.2 Å². The monoisotopic (exact) mass is 359 g/mol. The van der Waals surface area contributed by atoms with Crippen molar-refractivity contribution in [3.05, 3.63) is 53.9 Å². The molecule has 1 saturated carbocycles.